The normalized spacial score (nSPS) is 24.1. The van der Waals surface area contributed by atoms with Crippen molar-refractivity contribution in [3.05, 3.63) is 24.4 Å². The van der Waals surface area contributed by atoms with Gasteiger partial charge >= 0.3 is 0 Å². The number of rotatable bonds is 2. The molecule has 0 aliphatic heterocycles. The van der Waals surface area contributed by atoms with Crippen LogP contribution in [0.1, 0.15) is 37.5 Å². The predicted molar refractivity (Wildman–Crippen MR) is 62.5 cm³/mol. The Morgan fingerprint density at radius 1 is 1.06 bits per heavy atom. The smallest absolute Gasteiger partial charge is 0.240 e. The lowest BCUT2D eigenvalue weighted by Crippen LogP contribution is -2.17. The molecule has 2 aromatic heterocycles. The SMILES string of the molecule is OC1CCC(c2nc(-c3ncccn3)no2)CC1. The average molecular weight is 246 g/mol. The number of hydrogen-bond donors (Lipinski definition) is 1. The molecule has 0 atom stereocenters. The van der Waals surface area contributed by atoms with Crippen molar-refractivity contribution in [2.75, 3.05) is 0 Å². The predicted octanol–water partition coefficient (Wildman–Crippen LogP) is 1.55. The Bertz CT molecular complexity index is 506. The van der Waals surface area contributed by atoms with Gasteiger partial charge in [-0.3, -0.25) is 0 Å². The minimum Gasteiger partial charge on any atom is -0.393 e. The average Bonchev–Trinajstić information content (AvgIpc) is 2.90. The molecule has 0 amide bonds. The number of nitrogens with zero attached hydrogens (tertiary/aromatic N) is 4. The van der Waals surface area contributed by atoms with Crippen molar-refractivity contribution >= 4 is 0 Å². The summed E-state index contributed by atoms with van der Waals surface area (Å²) in [7, 11) is 0. The zero-order valence-corrected chi connectivity index (χ0v) is 9.86. The number of aliphatic hydroxyl groups is 1. The van der Waals surface area contributed by atoms with Crippen molar-refractivity contribution in [2.45, 2.75) is 37.7 Å². The van der Waals surface area contributed by atoms with Crippen LogP contribution in [-0.2, 0) is 0 Å². The molecular formula is C12H14N4O2. The van der Waals surface area contributed by atoms with Gasteiger partial charge in [0.25, 0.3) is 0 Å². The molecule has 1 fully saturated rings. The summed E-state index contributed by atoms with van der Waals surface area (Å²) in [6.07, 6.45) is 6.48. The van der Waals surface area contributed by atoms with Gasteiger partial charge in [-0.2, -0.15) is 4.98 Å². The maximum atomic E-state index is 9.47. The monoisotopic (exact) mass is 246 g/mol. The van der Waals surface area contributed by atoms with Crippen LogP contribution in [-0.4, -0.2) is 31.3 Å². The first-order chi connectivity index (χ1) is 8.83. The van der Waals surface area contributed by atoms with Gasteiger partial charge in [0.1, 0.15) is 0 Å². The van der Waals surface area contributed by atoms with E-state index in [0.29, 0.717) is 17.5 Å². The van der Waals surface area contributed by atoms with Crippen LogP contribution in [0.5, 0.6) is 0 Å². The Labute approximate surface area is 104 Å². The van der Waals surface area contributed by atoms with Crippen molar-refractivity contribution in [2.24, 2.45) is 0 Å². The topological polar surface area (TPSA) is 84.9 Å². The Morgan fingerprint density at radius 2 is 1.78 bits per heavy atom. The van der Waals surface area contributed by atoms with E-state index >= 15 is 0 Å². The van der Waals surface area contributed by atoms with Crippen LogP contribution in [0.3, 0.4) is 0 Å². The van der Waals surface area contributed by atoms with E-state index in [1.807, 2.05) is 0 Å². The second kappa shape index (κ2) is 4.81. The highest BCUT2D eigenvalue weighted by molar-refractivity contribution is 5.40. The highest BCUT2D eigenvalue weighted by atomic mass is 16.5. The summed E-state index contributed by atoms with van der Waals surface area (Å²) in [4.78, 5) is 12.5. The maximum Gasteiger partial charge on any atom is 0.240 e. The molecule has 2 aromatic rings. The minimum atomic E-state index is -0.180. The lowest BCUT2D eigenvalue weighted by Gasteiger charge is -2.22. The van der Waals surface area contributed by atoms with E-state index < -0.39 is 0 Å². The molecule has 0 aromatic carbocycles. The molecule has 2 heterocycles. The van der Waals surface area contributed by atoms with Crippen LogP contribution in [0.15, 0.2) is 23.0 Å². The Kier molecular flexibility index (Phi) is 3.02. The number of hydrogen-bond acceptors (Lipinski definition) is 6. The largest absolute Gasteiger partial charge is 0.393 e. The van der Waals surface area contributed by atoms with Crippen LogP contribution in [0, 0.1) is 0 Å². The van der Waals surface area contributed by atoms with Gasteiger partial charge in [0, 0.05) is 18.3 Å². The van der Waals surface area contributed by atoms with Gasteiger partial charge in [-0.1, -0.05) is 5.16 Å². The first kappa shape index (κ1) is 11.3. The van der Waals surface area contributed by atoms with Crippen LogP contribution in [0.25, 0.3) is 11.6 Å². The van der Waals surface area contributed by atoms with Crippen molar-refractivity contribution in [1.29, 1.82) is 0 Å². The zero-order valence-electron chi connectivity index (χ0n) is 9.86. The zero-order chi connectivity index (χ0) is 12.4. The molecule has 0 radical (unpaired) electrons. The lowest BCUT2D eigenvalue weighted by molar-refractivity contribution is 0.116. The van der Waals surface area contributed by atoms with Crippen molar-refractivity contribution in [3.63, 3.8) is 0 Å². The molecule has 1 saturated carbocycles. The Balaban J connectivity index is 1.78. The molecule has 1 aliphatic rings. The molecular weight excluding hydrogens is 232 g/mol. The first-order valence-electron chi connectivity index (χ1n) is 6.12. The fraction of sp³-hybridized carbons (Fsp3) is 0.500. The third kappa shape index (κ3) is 2.24. The third-order valence-electron chi connectivity index (χ3n) is 3.25. The minimum absolute atomic E-state index is 0.180. The fourth-order valence-electron chi connectivity index (χ4n) is 2.23. The third-order valence-corrected chi connectivity index (χ3v) is 3.25. The molecule has 6 nitrogen and oxygen atoms in total. The van der Waals surface area contributed by atoms with E-state index in [1.165, 1.54) is 0 Å². The van der Waals surface area contributed by atoms with Gasteiger partial charge in [-0.05, 0) is 31.7 Å². The molecule has 0 unspecified atom stereocenters. The summed E-state index contributed by atoms with van der Waals surface area (Å²) in [6.45, 7) is 0. The van der Waals surface area contributed by atoms with E-state index in [-0.39, 0.29) is 12.0 Å². The summed E-state index contributed by atoms with van der Waals surface area (Å²) in [5.41, 5.74) is 0. The van der Waals surface area contributed by atoms with Crippen LogP contribution >= 0.6 is 0 Å². The quantitative estimate of drug-likeness (QED) is 0.865. The Morgan fingerprint density at radius 3 is 2.50 bits per heavy atom. The van der Waals surface area contributed by atoms with E-state index in [0.717, 1.165) is 25.7 Å². The second-order valence-corrected chi connectivity index (χ2v) is 4.53. The molecule has 94 valence electrons. The number of aliphatic hydroxyl groups excluding tert-OH is 1. The second-order valence-electron chi connectivity index (χ2n) is 4.53. The van der Waals surface area contributed by atoms with Gasteiger partial charge in [0.05, 0.1) is 6.10 Å². The first-order valence-corrected chi connectivity index (χ1v) is 6.12. The summed E-state index contributed by atoms with van der Waals surface area (Å²) >= 11 is 0. The molecule has 1 N–H and O–H groups in total. The highest BCUT2D eigenvalue weighted by Gasteiger charge is 2.25. The van der Waals surface area contributed by atoms with Gasteiger partial charge in [0.2, 0.25) is 17.5 Å². The lowest BCUT2D eigenvalue weighted by atomic mass is 9.87. The molecule has 18 heavy (non-hydrogen) atoms. The molecule has 0 bridgehead atoms. The Hall–Kier alpha value is -1.82. The van der Waals surface area contributed by atoms with Gasteiger partial charge < -0.3 is 9.63 Å². The van der Waals surface area contributed by atoms with Crippen molar-refractivity contribution in [1.82, 2.24) is 20.1 Å². The summed E-state index contributed by atoms with van der Waals surface area (Å²) < 4.78 is 5.27. The maximum absolute atomic E-state index is 9.47. The van der Waals surface area contributed by atoms with Gasteiger partial charge in [0.15, 0.2) is 0 Å². The fourth-order valence-corrected chi connectivity index (χ4v) is 2.23. The van der Waals surface area contributed by atoms with Gasteiger partial charge in [-0.25, -0.2) is 9.97 Å². The van der Waals surface area contributed by atoms with E-state index in [9.17, 15) is 5.11 Å². The number of aromatic nitrogens is 4. The van der Waals surface area contributed by atoms with Crippen molar-refractivity contribution in [3.8, 4) is 11.6 Å². The molecule has 0 saturated heterocycles. The molecule has 0 spiro atoms. The van der Waals surface area contributed by atoms with Crippen molar-refractivity contribution < 1.29 is 9.63 Å². The molecule has 3 rings (SSSR count). The van der Waals surface area contributed by atoms with Crippen LogP contribution < -0.4 is 0 Å². The molecule has 6 heteroatoms. The highest BCUT2D eigenvalue weighted by Crippen LogP contribution is 2.32. The summed E-state index contributed by atoms with van der Waals surface area (Å²) in [5.74, 6) is 1.78. The molecule has 1 aliphatic carbocycles. The van der Waals surface area contributed by atoms with Crippen LogP contribution in [0.2, 0.25) is 0 Å². The van der Waals surface area contributed by atoms with E-state index in [1.54, 1.807) is 18.5 Å². The van der Waals surface area contributed by atoms with Crippen LogP contribution in [0.4, 0.5) is 0 Å². The van der Waals surface area contributed by atoms with E-state index in [2.05, 4.69) is 20.1 Å². The standard InChI is InChI=1S/C12H14N4O2/c17-9-4-2-8(3-5-9)12-15-11(16-18-12)10-13-6-1-7-14-10/h1,6-9,17H,2-5H2. The summed E-state index contributed by atoms with van der Waals surface area (Å²) in [6, 6.07) is 1.74. The summed E-state index contributed by atoms with van der Waals surface area (Å²) in [5, 5.41) is 13.4. The van der Waals surface area contributed by atoms with E-state index in [4.69, 9.17) is 4.52 Å². The van der Waals surface area contributed by atoms with Gasteiger partial charge in [-0.15, -0.1) is 0 Å².